The van der Waals surface area contributed by atoms with Gasteiger partial charge in [0.1, 0.15) is 5.60 Å². The molecule has 1 fully saturated rings. The Morgan fingerprint density at radius 1 is 1.50 bits per heavy atom. The zero-order valence-electron chi connectivity index (χ0n) is 13.9. The monoisotopic (exact) mass is 309 g/mol. The van der Waals surface area contributed by atoms with E-state index in [0.29, 0.717) is 12.3 Å². The highest BCUT2D eigenvalue weighted by Gasteiger charge is 2.62. The molecule has 3 N–H and O–H groups in total. The fourth-order valence-corrected chi connectivity index (χ4v) is 4.07. The minimum absolute atomic E-state index is 0.0843. The summed E-state index contributed by atoms with van der Waals surface area (Å²) in [5, 5.41) is 9.64. The van der Waals surface area contributed by atoms with Crippen molar-refractivity contribution in [3.8, 4) is 0 Å². The molecular formula is C17H27NO4. The Balaban J connectivity index is 2.29. The van der Waals surface area contributed by atoms with Crippen molar-refractivity contribution >= 4 is 11.9 Å². The lowest BCUT2D eigenvalue weighted by atomic mass is 9.49. The van der Waals surface area contributed by atoms with Crippen molar-refractivity contribution in [2.75, 3.05) is 6.54 Å². The summed E-state index contributed by atoms with van der Waals surface area (Å²) < 4.78 is 5.35. The molecule has 0 saturated heterocycles. The quantitative estimate of drug-likeness (QED) is 0.462. The van der Waals surface area contributed by atoms with Crippen LogP contribution < -0.4 is 5.73 Å². The standard InChI is InChI=1S/C17H27NO4/c1-5-10-6-11-8-17(9-18,12(11)7-10)13(14(19)20)15(21)22-16(2,3)4/h7,11-13H,5-6,8-9,18H2,1-4H3,(H,19,20)/t11-,12-,13?,17+/m1/s1. The molecule has 5 nitrogen and oxygen atoms in total. The van der Waals surface area contributed by atoms with Crippen molar-refractivity contribution in [1.82, 2.24) is 0 Å². The molecular weight excluding hydrogens is 282 g/mol. The van der Waals surface area contributed by atoms with Gasteiger partial charge in [-0.1, -0.05) is 18.6 Å². The Kier molecular flexibility index (Phi) is 4.39. The van der Waals surface area contributed by atoms with Gasteiger partial charge in [-0.2, -0.15) is 0 Å². The van der Waals surface area contributed by atoms with Crippen LogP contribution >= 0.6 is 0 Å². The summed E-state index contributed by atoms with van der Waals surface area (Å²) in [6, 6.07) is 0. The van der Waals surface area contributed by atoms with E-state index in [4.69, 9.17) is 10.5 Å². The zero-order valence-corrected chi connectivity index (χ0v) is 13.9. The number of esters is 1. The number of carboxylic acids is 1. The number of hydrogen-bond acceptors (Lipinski definition) is 4. The van der Waals surface area contributed by atoms with Gasteiger partial charge in [0.15, 0.2) is 5.92 Å². The lowest BCUT2D eigenvalue weighted by Crippen LogP contribution is -2.59. The second-order valence-electron chi connectivity index (χ2n) is 7.61. The van der Waals surface area contributed by atoms with Crippen LogP contribution in [-0.4, -0.2) is 29.2 Å². The van der Waals surface area contributed by atoms with Gasteiger partial charge in [-0.25, -0.2) is 0 Å². The highest BCUT2D eigenvalue weighted by Crippen LogP contribution is 2.61. The fraction of sp³-hybridized carbons (Fsp3) is 0.765. The maximum absolute atomic E-state index is 12.5. The van der Waals surface area contributed by atoms with Crippen LogP contribution in [-0.2, 0) is 14.3 Å². The van der Waals surface area contributed by atoms with Crippen LogP contribution in [0.2, 0.25) is 0 Å². The molecule has 124 valence electrons. The first-order valence-electron chi connectivity index (χ1n) is 8.00. The molecule has 2 aliphatic rings. The molecule has 5 heteroatoms. The molecule has 0 aromatic heterocycles. The largest absolute Gasteiger partial charge is 0.481 e. The van der Waals surface area contributed by atoms with Crippen molar-refractivity contribution in [2.45, 2.75) is 52.6 Å². The Bertz CT molecular complexity index is 505. The van der Waals surface area contributed by atoms with E-state index >= 15 is 0 Å². The van der Waals surface area contributed by atoms with E-state index < -0.39 is 28.9 Å². The molecule has 0 spiro atoms. The van der Waals surface area contributed by atoms with E-state index in [-0.39, 0.29) is 12.5 Å². The van der Waals surface area contributed by atoms with Gasteiger partial charge < -0.3 is 15.6 Å². The molecule has 0 amide bonds. The number of fused-ring (bicyclic) bond motifs is 1. The highest BCUT2D eigenvalue weighted by molar-refractivity contribution is 5.95. The maximum atomic E-state index is 12.5. The second-order valence-corrected chi connectivity index (χ2v) is 7.61. The van der Waals surface area contributed by atoms with Gasteiger partial charge in [0.05, 0.1) is 0 Å². The second kappa shape index (κ2) is 5.69. The van der Waals surface area contributed by atoms with Crippen molar-refractivity contribution in [3.05, 3.63) is 11.6 Å². The van der Waals surface area contributed by atoms with Gasteiger partial charge in [-0.15, -0.1) is 0 Å². The number of ether oxygens (including phenoxy) is 1. The minimum atomic E-state index is -1.19. The van der Waals surface area contributed by atoms with Crippen LogP contribution in [0.5, 0.6) is 0 Å². The number of carbonyl (C=O) groups is 2. The fourth-order valence-electron chi connectivity index (χ4n) is 4.07. The average Bonchev–Trinajstić information content (AvgIpc) is 2.71. The number of nitrogens with two attached hydrogens (primary N) is 1. The molecule has 1 saturated carbocycles. The lowest BCUT2D eigenvalue weighted by molar-refractivity contribution is -0.182. The Labute approximate surface area is 131 Å². The SMILES string of the molecule is CCC1=C[C@@H]2[C@H](C1)C[C@@]2(CN)C(C(=O)O)C(=O)OC(C)(C)C. The van der Waals surface area contributed by atoms with Crippen molar-refractivity contribution in [3.63, 3.8) is 0 Å². The van der Waals surface area contributed by atoms with E-state index in [0.717, 1.165) is 12.8 Å². The van der Waals surface area contributed by atoms with Crippen LogP contribution in [0.4, 0.5) is 0 Å². The lowest BCUT2D eigenvalue weighted by Gasteiger charge is -2.54. The number of aliphatic carboxylic acids is 1. The Morgan fingerprint density at radius 2 is 2.14 bits per heavy atom. The van der Waals surface area contributed by atoms with Crippen LogP contribution in [0.1, 0.15) is 47.0 Å². The number of carbonyl (C=O) groups excluding carboxylic acids is 1. The zero-order chi connectivity index (χ0) is 16.7. The molecule has 0 aliphatic heterocycles. The number of rotatable bonds is 5. The summed E-state index contributed by atoms with van der Waals surface area (Å²) in [5.41, 5.74) is 5.89. The summed E-state index contributed by atoms with van der Waals surface area (Å²) in [4.78, 5) is 24.2. The third-order valence-corrected chi connectivity index (χ3v) is 5.05. The summed E-state index contributed by atoms with van der Waals surface area (Å²) in [7, 11) is 0. The van der Waals surface area contributed by atoms with Gasteiger partial charge in [0.25, 0.3) is 0 Å². The average molecular weight is 309 g/mol. The van der Waals surface area contributed by atoms with Crippen molar-refractivity contribution in [1.29, 1.82) is 0 Å². The normalized spacial score (nSPS) is 31.8. The van der Waals surface area contributed by atoms with Gasteiger partial charge in [-0.05, 0) is 58.4 Å². The first-order valence-corrected chi connectivity index (χ1v) is 8.00. The molecule has 1 unspecified atom stereocenters. The summed E-state index contributed by atoms with van der Waals surface area (Å²) in [5.74, 6) is -2.46. The molecule has 0 aromatic carbocycles. The predicted molar refractivity (Wildman–Crippen MR) is 83.0 cm³/mol. The van der Waals surface area contributed by atoms with Crippen LogP contribution in [0.3, 0.4) is 0 Å². The van der Waals surface area contributed by atoms with E-state index in [1.165, 1.54) is 5.57 Å². The van der Waals surface area contributed by atoms with Gasteiger partial charge in [-0.3, -0.25) is 9.59 Å². The number of allylic oxidation sites excluding steroid dienone is 2. The van der Waals surface area contributed by atoms with Crippen molar-refractivity contribution < 1.29 is 19.4 Å². The molecule has 0 radical (unpaired) electrons. The molecule has 0 aromatic rings. The number of hydrogen-bond donors (Lipinski definition) is 2. The first-order chi connectivity index (χ1) is 10.1. The molecule has 2 rings (SSSR count). The molecule has 22 heavy (non-hydrogen) atoms. The number of carboxylic acid groups (broad SMARTS) is 1. The van der Waals surface area contributed by atoms with E-state index in [9.17, 15) is 14.7 Å². The molecule has 0 bridgehead atoms. The maximum Gasteiger partial charge on any atom is 0.321 e. The van der Waals surface area contributed by atoms with E-state index in [2.05, 4.69) is 13.0 Å². The van der Waals surface area contributed by atoms with Crippen LogP contribution in [0.25, 0.3) is 0 Å². The van der Waals surface area contributed by atoms with Crippen molar-refractivity contribution in [2.24, 2.45) is 28.9 Å². The first kappa shape index (κ1) is 17.0. The molecule has 0 heterocycles. The van der Waals surface area contributed by atoms with Gasteiger partial charge >= 0.3 is 11.9 Å². The minimum Gasteiger partial charge on any atom is -0.481 e. The third-order valence-electron chi connectivity index (χ3n) is 5.05. The summed E-state index contributed by atoms with van der Waals surface area (Å²) >= 11 is 0. The molecule has 4 atom stereocenters. The van der Waals surface area contributed by atoms with Gasteiger partial charge in [0.2, 0.25) is 0 Å². The van der Waals surface area contributed by atoms with Crippen LogP contribution in [0.15, 0.2) is 11.6 Å². The topological polar surface area (TPSA) is 89.6 Å². The Hall–Kier alpha value is -1.36. The van der Waals surface area contributed by atoms with E-state index in [1.54, 1.807) is 20.8 Å². The smallest absolute Gasteiger partial charge is 0.321 e. The predicted octanol–water partition coefficient (Wildman–Crippen LogP) is 2.35. The third kappa shape index (κ3) is 2.78. The molecule has 2 aliphatic carbocycles. The summed E-state index contributed by atoms with van der Waals surface area (Å²) in [6.45, 7) is 7.52. The van der Waals surface area contributed by atoms with Gasteiger partial charge in [0, 0.05) is 5.41 Å². The van der Waals surface area contributed by atoms with E-state index in [1.807, 2.05) is 0 Å². The Morgan fingerprint density at radius 3 is 2.59 bits per heavy atom. The highest BCUT2D eigenvalue weighted by atomic mass is 16.6. The summed E-state index contributed by atoms with van der Waals surface area (Å²) in [6.07, 6.45) is 4.81. The van der Waals surface area contributed by atoms with Crippen LogP contribution in [0, 0.1) is 23.2 Å².